The maximum absolute atomic E-state index is 12.9. The number of rotatable bonds is 4. The van der Waals surface area contributed by atoms with Crippen molar-refractivity contribution in [1.82, 2.24) is 0 Å². The summed E-state index contributed by atoms with van der Waals surface area (Å²) < 4.78 is 24.5. The fourth-order valence-electron chi connectivity index (χ4n) is 2.70. The number of hydrogen-bond acceptors (Lipinski definition) is 3. The molecule has 1 heterocycles. The first-order chi connectivity index (χ1) is 11.4. The summed E-state index contributed by atoms with van der Waals surface area (Å²) in [5.74, 6) is -0.209. The molecule has 2 aromatic rings. The van der Waals surface area contributed by atoms with Gasteiger partial charge in [-0.25, -0.2) is 8.42 Å². The molecule has 6 heteroatoms. The van der Waals surface area contributed by atoms with Crippen LogP contribution in [0, 0.1) is 0 Å². The number of hydrogen-bond donors (Lipinski definition) is 0. The van der Waals surface area contributed by atoms with Crippen LogP contribution in [0.3, 0.4) is 0 Å². The predicted molar refractivity (Wildman–Crippen MR) is 98.5 cm³/mol. The molecule has 1 aliphatic rings. The number of carbonyl (C=O) groups excluding carboxylic acids is 1. The summed E-state index contributed by atoms with van der Waals surface area (Å²) in [6, 6.07) is 16.3. The Balaban J connectivity index is 1.91. The molecule has 0 aromatic heterocycles. The van der Waals surface area contributed by atoms with Crippen molar-refractivity contribution < 1.29 is 13.2 Å². The summed E-state index contributed by atoms with van der Waals surface area (Å²) in [5, 5.41) is 1.19. The van der Waals surface area contributed by atoms with Crippen molar-refractivity contribution in [2.45, 2.75) is 12.5 Å². The van der Waals surface area contributed by atoms with Crippen LogP contribution in [0.4, 0.5) is 5.69 Å². The summed E-state index contributed by atoms with van der Waals surface area (Å²) in [4.78, 5) is 14.5. The lowest BCUT2D eigenvalue weighted by molar-refractivity contribution is -0.118. The fraction of sp³-hybridized carbons (Fsp3) is 0.167. The quantitative estimate of drug-likeness (QED) is 0.783. The van der Waals surface area contributed by atoms with Crippen LogP contribution < -0.4 is 4.90 Å². The molecule has 0 saturated heterocycles. The number of amides is 1. The second kappa shape index (κ2) is 6.91. The Morgan fingerprint density at radius 2 is 1.75 bits per heavy atom. The molecule has 24 heavy (non-hydrogen) atoms. The second-order valence-corrected chi connectivity index (χ2v) is 8.47. The molecule has 124 valence electrons. The van der Waals surface area contributed by atoms with Gasteiger partial charge in [-0.2, -0.15) is 0 Å². The van der Waals surface area contributed by atoms with E-state index in [1.807, 2.05) is 54.6 Å². The molecule has 0 radical (unpaired) electrons. The standard InChI is InChI=1S/C18H16BrNO3S/c19-15-6-8-16(9-7-15)20(17-10-11-24(22,23)13-17)18(21)12-14-4-2-1-3-5-14/h1-11,17H,12-13H2/t17-/m1/s1. The van der Waals surface area contributed by atoms with Gasteiger partial charge in [0, 0.05) is 15.6 Å². The van der Waals surface area contributed by atoms with Crippen LogP contribution in [0.2, 0.25) is 0 Å². The smallest absolute Gasteiger partial charge is 0.231 e. The zero-order valence-electron chi connectivity index (χ0n) is 12.8. The van der Waals surface area contributed by atoms with E-state index < -0.39 is 15.9 Å². The summed E-state index contributed by atoms with van der Waals surface area (Å²) in [6.45, 7) is 0. The maximum Gasteiger partial charge on any atom is 0.231 e. The highest BCUT2D eigenvalue weighted by molar-refractivity contribution is 9.10. The zero-order valence-corrected chi connectivity index (χ0v) is 15.2. The summed E-state index contributed by atoms with van der Waals surface area (Å²) in [5.41, 5.74) is 1.58. The molecule has 1 atom stereocenters. The minimum absolute atomic E-state index is 0.0798. The van der Waals surface area contributed by atoms with E-state index in [0.717, 1.165) is 10.0 Å². The molecule has 1 amide bonds. The van der Waals surface area contributed by atoms with Gasteiger partial charge in [0.2, 0.25) is 5.91 Å². The van der Waals surface area contributed by atoms with Crippen LogP contribution in [0.25, 0.3) is 0 Å². The lowest BCUT2D eigenvalue weighted by atomic mass is 10.1. The van der Waals surface area contributed by atoms with Crippen LogP contribution >= 0.6 is 15.9 Å². The first-order valence-corrected chi connectivity index (χ1v) is 9.98. The van der Waals surface area contributed by atoms with E-state index in [4.69, 9.17) is 0 Å². The van der Waals surface area contributed by atoms with E-state index in [-0.39, 0.29) is 18.1 Å². The number of anilines is 1. The average Bonchev–Trinajstić information content (AvgIpc) is 2.90. The van der Waals surface area contributed by atoms with Crippen molar-refractivity contribution >= 4 is 37.4 Å². The largest absolute Gasteiger partial charge is 0.304 e. The molecule has 0 unspecified atom stereocenters. The predicted octanol–water partition coefficient (Wildman–Crippen LogP) is 3.34. The molecule has 0 N–H and O–H groups in total. The average molecular weight is 406 g/mol. The molecule has 0 saturated carbocycles. The van der Waals surface area contributed by atoms with E-state index in [2.05, 4.69) is 15.9 Å². The monoisotopic (exact) mass is 405 g/mol. The van der Waals surface area contributed by atoms with E-state index in [9.17, 15) is 13.2 Å². The van der Waals surface area contributed by atoms with Crippen molar-refractivity contribution in [3.8, 4) is 0 Å². The Morgan fingerprint density at radius 1 is 1.08 bits per heavy atom. The summed E-state index contributed by atoms with van der Waals surface area (Å²) in [7, 11) is -3.25. The van der Waals surface area contributed by atoms with E-state index in [1.54, 1.807) is 11.0 Å². The van der Waals surface area contributed by atoms with Crippen molar-refractivity contribution in [3.05, 3.63) is 76.1 Å². The first kappa shape index (κ1) is 16.9. The highest BCUT2D eigenvalue weighted by Gasteiger charge is 2.31. The fourth-order valence-corrected chi connectivity index (χ4v) is 4.23. The van der Waals surface area contributed by atoms with Crippen LogP contribution in [0.5, 0.6) is 0 Å². The van der Waals surface area contributed by atoms with Gasteiger partial charge in [-0.15, -0.1) is 0 Å². The van der Waals surface area contributed by atoms with Crippen LogP contribution in [-0.2, 0) is 21.1 Å². The summed E-state index contributed by atoms with van der Waals surface area (Å²) >= 11 is 3.37. The Bertz CT molecular complexity index is 861. The topological polar surface area (TPSA) is 54.5 Å². The van der Waals surface area contributed by atoms with Gasteiger partial charge in [0.1, 0.15) is 0 Å². The first-order valence-electron chi connectivity index (χ1n) is 7.47. The van der Waals surface area contributed by atoms with Gasteiger partial charge in [-0.05, 0) is 35.9 Å². The van der Waals surface area contributed by atoms with Gasteiger partial charge in [-0.3, -0.25) is 4.79 Å². The number of nitrogens with zero attached hydrogens (tertiary/aromatic N) is 1. The molecule has 2 aromatic carbocycles. The van der Waals surface area contributed by atoms with Gasteiger partial charge < -0.3 is 4.90 Å². The van der Waals surface area contributed by atoms with E-state index in [1.165, 1.54) is 5.41 Å². The van der Waals surface area contributed by atoms with Crippen molar-refractivity contribution in [3.63, 3.8) is 0 Å². The Labute approximate surface area is 149 Å². The molecular formula is C18H16BrNO3S. The lowest BCUT2D eigenvalue weighted by Gasteiger charge is -2.28. The van der Waals surface area contributed by atoms with E-state index in [0.29, 0.717) is 5.69 Å². The minimum atomic E-state index is -3.25. The molecular weight excluding hydrogens is 390 g/mol. The van der Waals surface area contributed by atoms with Gasteiger partial charge in [-0.1, -0.05) is 46.3 Å². The summed E-state index contributed by atoms with van der Waals surface area (Å²) in [6.07, 6.45) is 1.81. The van der Waals surface area contributed by atoms with Crippen LogP contribution in [0.15, 0.2) is 70.6 Å². The molecule has 4 nitrogen and oxygen atoms in total. The third-order valence-electron chi connectivity index (χ3n) is 3.81. The number of carbonyl (C=O) groups is 1. The van der Waals surface area contributed by atoms with Crippen molar-refractivity contribution in [2.75, 3.05) is 10.7 Å². The Kier molecular flexibility index (Phi) is 4.87. The molecule has 0 fully saturated rings. The molecule has 3 rings (SSSR count). The van der Waals surface area contributed by atoms with Crippen LogP contribution in [-0.4, -0.2) is 26.1 Å². The van der Waals surface area contributed by atoms with E-state index >= 15 is 0 Å². The zero-order chi connectivity index (χ0) is 17.2. The normalized spacial score (nSPS) is 18.5. The van der Waals surface area contributed by atoms with Crippen molar-refractivity contribution in [1.29, 1.82) is 0 Å². The minimum Gasteiger partial charge on any atom is -0.304 e. The maximum atomic E-state index is 12.9. The van der Waals surface area contributed by atoms with Gasteiger partial charge >= 0.3 is 0 Å². The molecule has 0 spiro atoms. The SMILES string of the molecule is O=C(Cc1ccccc1)N(c1ccc(Br)cc1)[C@@H]1C=CS(=O)(=O)C1. The number of benzene rings is 2. The van der Waals surface area contributed by atoms with Crippen LogP contribution in [0.1, 0.15) is 5.56 Å². The number of sulfone groups is 1. The Morgan fingerprint density at radius 3 is 2.33 bits per heavy atom. The lowest BCUT2D eigenvalue weighted by Crippen LogP contribution is -2.42. The highest BCUT2D eigenvalue weighted by atomic mass is 79.9. The van der Waals surface area contributed by atoms with Gasteiger partial charge in [0.15, 0.2) is 9.84 Å². The van der Waals surface area contributed by atoms with Crippen molar-refractivity contribution in [2.24, 2.45) is 0 Å². The molecule has 0 bridgehead atoms. The Hall–Kier alpha value is -1.92. The highest BCUT2D eigenvalue weighted by Crippen LogP contribution is 2.25. The number of halogens is 1. The third kappa shape index (κ3) is 3.94. The van der Waals surface area contributed by atoms with Gasteiger partial charge in [0.25, 0.3) is 0 Å². The second-order valence-electron chi connectivity index (χ2n) is 5.63. The third-order valence-corrected chi connectivity index (χ3v) is 5.72. The van der Waals surface area contributed by atoms with Gasteiger partial charge in [0.05, 0.1) is 18.2 Å². The molecule has 0 aliphatic carbocycles. The molecule has 1 aliphatic heterocycles.